The SMILES string of the molecule is CCC(S(=O)(=O)O)S(=O)(=O)O.COc1cccc2c1C(=O)c1c(O)c3c(c(O)c1C2=O)C[C@@](O)(C(=O)CO)C[C@@H]3O[C@H]1C[C@H](N)[C@@H](O)[C@H](C)O1. The number of phenolic OH excluding ortho intramolecular Hbond substituents is 2. The maximum absolute atomic E-state index is 13.6. The van der Waals surface area contributed by atoms with E-state index in [2.05, 4.69) is 0 Å². The van der Waals surface area contributed by atoms with Crippen molar-refractivity contribution in [3.8, 4) is 17.2 Å². The number of aromatic hydroxyl groups is 2. The molecule has 5 rings (SSSR count). The van der Waals surface area contributed by atoms with E-state index in [9.17, 15) is 56.8 Å². The first-order valence-corrected chi connectivity index (χ1v) is 18.0. The number of nitrogens with two attached hydrogens (primary N) is 1. The second kappa shape index (κ2) is 14.2. The largest absolute Gasteiger partial charge is 0.507 e. The molecule has 3 aliphatic rings. The number of benzene rings is 2. The zero-order chi connectivity index (χ0) is 37.7. The Balaban J connectivity index is 0.000000442. The Morgan fingerprint density at radius 1 is 1.06 bits per heavy atom. The molecule has 0 saturated carbocycles. The number of aliphatic hydroxyl groups is 3. The number of fused-ring (bicyclic) bond motifs is 3. The van der Waals surface area contributed by atoms with Crippen molar-refractivity contribution in [1.82, 2.24) is 0 Å². The summed E-state index contributed by atoms with van der Waals surface area (Å²) < 4.78 is 72.3. The minimum absolute atomic E-state index is 0.0173. The first kappa shape index (κ1) is 39.2. The zero-order valence-corrected chi connectivity index (χ0v) is 28.5. The second-order valence-electron chi connectivity index (χ2n) is 12.0. The third-order valence-electron chi connectivity index (χ3n) is 8.80. The predicted molar refractivity (Wildman–Crippen MR) is 169 cm³/mol. The van der Waals surface area contributed by atoms with Gasteiger partial charge in [0.05, 0.1) is 42.1 Å². The van der Waals surface area contributed by atoms with E-state index in [1.165, 1.54) is 32.2 Å². The molecule has 0 amide bonds. The number of Topliss-reactive ketones (excluding diaryl/α,β-unsaturated/α-hetero) is 1. The number of hydrogen-bond acceptors (Lipinski definition) is 16. The van der Waals surface area contributed by atoms with E-state index in [4.69, 9.17) is 29.0 Å². The van der Waals surface area contributed by atoms with Crippen LogP contribution in [0.15, 0.2) is 18.2 Å². The fourth-order valence-corrected chi connectivity index (χ4v) is 8.40. The van der Waals surface area contributed by atoms with Gasteiger partial charge in [0, 0.05) is 42.0 Å². The molecule has 2 aliphatic carbocycles. The van der Waals surface area contributed by atoms with Crippen LogP contribution < -0.4 is 10.5 Å². The van der Waals surface area contributed by atoms with Crippen molar-refractivity contribution in [3.05, 3.63) is 51.6 Å². The molecule has 0 spiro atoms. The lowest BCUT2D eigenvalue weighted by atomic mass is 9.72. The minimum atomic E-state index is -4.71. The highest BCUT2D eigenvalue weighted by molar-refractivity contribution is 8.03. The smallest absolute Gasteiger partial charge is 0.284 e. The number of carbonyl (C=O) groups is 3. The van der Waals surface area contributed by atoms with E-state index in [0.717, 1.165) is 0 Å². The number of hydrogen-bond donors (Lipinski definition) is 8. The van der Waals surface area contributed by atoms with Crippen LogP contribution in [0.4, 0.5) is 0 Å². The van der Waals surface area contributed by atoms with Crippen LogP contribution in [0.25, 0.3) is 0 Å². The van der Waals surface area contributed by atoms with E-state index < -0.39 is 127 Å². The van der Waals surface area contributed by atoms with Gasteiger partial charge in [0.15, 0.2) is 17.9 Å². The van der Waals surface area contributed by atoms with Gasteiger partial charge < -0.3 is 45.5 Å². The van der Waals surface area contributed by atoms with Crippen LogP contribution in [0.2, 0.25) is 0 Å². The van der Waals surface area contributed by atoms with Gasteiger partial charge in [-0.15, -0.1) is 0 Å². The maximum Gasteiger partial charge on any atom is 0.284 e. The Labute approximate surface area is 285 Å². The fraction of sp³-hybridized carbons (Fsp3) is 0.500. The Morgan fingerprint density at radius 2 is 1.66 bits per heavy atom. The topological polar surface area (TPSA) is 315 Å². The highest BCUT2D eigenvalue weighted by atomic mass is 32.3. The molecule has 276 valence electrons. The van der Waals surface area contributed by atoms with Crippen LogP contribution in [-0.4, -0.2) is 117 Å². The number of phenols is 2. The van der Waals surface area contributed by atoms with E-state index in [1.807, 2.05) is 0 Å². The van der Waals surface area contributed by atoms with E-state index >= 15 is 0 Å². The first-order chi connectivity index (χ1) is 23.1. The lowest BCUT2D eigenvalue weighted by molar-refractivity contribution is -0.247. The first-order valence-electron chi connectivity index (χ1n) is 15.0. The maximum atomic E-state index is 13.6. The van der Waals surface area contributed by atoms with Gasteiger partial charge in [-0.2, -0.15) is 16.8 Å². The van der Waals surface area contributed by atoms with Gasteiger partial charge in [0.1, 0.15) is 29.5 Å². The number of rotatable bonds is 8. The van der Waals surface area contributed by atoms with Crippen molar-refractivity contribution >= 4 is 37.6 Å². The number of ether oxygens (including phenoxy) is 3. The second-order valence-corrected chi connectivity index (χ2v) is 15.5. The normalized spacial score (nSPS) is 26.3. The molecular weight excluding hydrogens is 710 g/mol. The van der Waals surface area contributed by atoms with Gasteiger partial charge in [-0.05, 0) is 19.4 Å². The Morgan fingerprint density at radius 3 is 2.16 bits per heavy atom. The van der Waals surface area contributed by atoms with Crippen molar-refractivity contribution in [1.29, 1.82) is 0 Å². The molecule has 1 fully saturated rings. The van der Waals surface area contributed by atoms with Crippen LogP contribution in [0, 0.1) is 0 Å². The number of methoxy groups -OCH3 is 1. The molecule has 1 aliphatic heterocycles. The summed E-state index contributed by atoms with van der Waals surface area (Å²) in [5.41, 5.74) is 2.37. The minimum Gasteiger partial charge on any atom is -0.507 e. The molecule has 0 bridgehead atoms. The van der Waals surface area contributed by atoms with Crippen molar-refractivity contribution in [2.24, 2.45) is 5.73 Å². The highest BCUT2D eigenvalue weighted by Gasteiger charge is 2.50. The fourth-order valence-electron chi connectivity index (χ4n) is 6.33. The quantitative estimate of drug-likeness (QED) is 0.106. The molecule has 0 unspecified atom stereocenters. The molecule has 0 radical (unpaired) electrons. The van der Waals surface area contributed by atoms with Gasteiger partial charge in [-0.3, -0.25) is 23.5 Å². The molecule has 9 N–H and O–H groups in total. The summed E-state index contributed by atoms with van der Waals surface area (Å²) in [6, 6.07) is 3.64. The molecule has 2 aromatic rings. The molecule has 1 saturated heterocycles. The summed E-state index contributed by atoms with van der Waals surface area (Å²) in [6.45, 7) is 1.77. The van der Waals surface area contributed by atoms with E-state index in [-0.39, 0.29) is 34.4 Å². The van der Waals surface area contributed by atoms with Crippen LogP contribution in [0.1, 0.15) is 82.2 Å². The van der Waals surface area contributed by atoms with Crippen molar-refractivity contribution < 1.29 is 80.1 Å². The van der Waals surface area contributed by atoms with Crippen molar-refractivity contribution in [2.75, 3.05) is 13.7 Å². The Bertz CT molecular complexity index is 1880. The molecule has 18 nitrogen and oxygen atoms in total. The predicted octanol–water partition coefficient (Wildman–Crippen LogP) is -0.501. The lowest BCUT2D eigenvalue weighted by Gasteiger charge is -2.42. The highest BCUT2D eigenvalue weighted by Crippen LogP contribution is 2.52. The summed E-state index contributed by atoms with van der Waals surface area (Å²) in [7, 11) is -8.10. The van der Waals surface area contributed by atoms with Gasteiger partial charge in [-0.1, -0.05) is 19.1 Å². The summed E-state index contributed by atoms with van der Waals surface area (Å²) in [6.07, 6.45) is -5.51. The molecule has 6 atom stereocenters. The Hall–Kier alpha value is -3.57. The number of ketones is 3. The van der Waals surface area contributed by atoms with Crippen molar-refractivity contribution in [3.63, 3.8) is 0 Å². The zero-order valence-electron chi connectivity index (χ0n) is 26.8. The summed E-state index contributed by atoms with van der Waals surface area (Å²) in [4.78, 5) is 39.7. The molecule has 0 aromatic heterocycles. The number of carbonyl (C=O) groups excluding carboxylic acids is 3. The van der Waals surface area contributed by atoms with Crippen LogP contribution >= 0.6 is 0 Å². The van der Waals surface area contributed by atoms with Gasteiger partial charge in [0.2, 0.25) is 10.4 Å². The summed E-state index contributed by atoms with van der Waals surface area (Å²) in [5.74, 6) is -3.77. The van der Waals surface area contributed by atoms with E-state index in [1.54, 1.807) is 6.92 Å². The molecule has 50 heavy (non-hydrogen) atoms. The van der Waals surface area contributed by atoms with Gasteiger partial charge in [-0.25, -0.2) is 0 Å². The van der Waals surface area contributed by atoms with Gasteiger partial charge in [0.25, 0.3) is 20.2 Å². The van der Waals surface area contributed by atoms with Gasteiger partial charge >= 0.3 is 0 Å². The average Bonchev–Trinajstić information content (AvgIpc) is 3.02. The molecular formula is C30H37NO17S2. The summed E-state index contributed by atoms with van der Waals surface area (Å²) in [5, 5.41) is 53.7. The third kappa shape index (κ3) is 7.13. The van der Waals surface area contributed by atoms with Crippen LogP contribution in [0.3, 0.4) is 0 Å². The van der Waals surface area contributed by atoms with Crippen LogP contribution in [-0.2, 0) is 40.9 Å². The Kier molecular flexibility index (Phi) is 11.1. The van der Waals surface area contributed by atoms with Crippen molar-refractivity contribution in [2.45, 2.75) is 80.4 Å². The standard InChI is InChI=1S/C27H29NO11.C3H8O6S2/c1-10-22(31)13(28)6-17(38-10)39-15-8-27(36,16(30)9-29)7-12-19(15)26(35)21-20(24(12)33)23(32)11-4-3-5-14(37-2)18(11)25(21)34;1-2-3(10(4,5)6)11(7,8)9/h3-5,10,13,15,17,22,29,31,33,35-36H,6-9,28H2,1-2H3;3H,2H2,1H3,(H,4,5,6)(H,7,8,9)/t10-,13-,15-,17-,22-,27-;/m0./s1. The van der Waals surface area contributed by atoms with Crippen LogP contribution in [0.5, 0.6) is 17.2 Å². The lowest BCUT2D eigenvalue weighted by Crippen LogP contribution is -2.53. The number of aliphatic hydroxyl groups excluding tert-OH is 2. The molecule has 2 aromatic carbocycles. The molecule has 20 heteroatoms. The average molecular weight is 748 g/mol. The molecule has 1 heterocycles. The third-order valence-corrected chi connectivity index (χ3v) is 12.3. The van der Waals surface area contributed by atoms with E-state index in [0.29, 0.717) is 0 Å². The monoisotopic (exact) mass is 747 g/mol. The summed E-state index contributed by atoms with van der Waals surface area (Å²) >= 11 is 0.